The summed E-state index contributed by atoms with van der Waals surface area (Å²) in [5, 5.41) is 10.4. The van der Waals surface area contributed by atoms with Crippen molar-refractivity contribution in [1.82, 2.24) is 9.55 Å². The molecule has 3 aromatic rings. The Morgan fingerprint density at radius 3 is 2.30 bits per heavy atom. The van der Waals surface area contributed by atoms with Crippen LogP contribution in [0.25, 0.3) is 11.4 Å². The van der Waals surface area contributed by atoms with Gasteiger partial charge in [-0.3, -0.25) is 9.36 Å². The van der Waals surface area contributed by atoms with Crippen LogP contribution in [0.5, 0.6) is 5.88 Å². The highest BCUT2D eigenvalue weighted by molar-refractivity contribution is 6.39. The van der Waals surface area contributed by atoms with Crippen LogP contribution in [0.15, 0.2) is 59.4 Å². The summed E-state index contributed by atoms with van der Waals surface area (Å²) >= 11 is 12.4. The SMILES string of the molecule is O=c1cc(O)nc(-c2c(Cl)cccc2Cl)n1Cc1ccccc1. The molecule has 6 heteroatoms. The molecule has 0 bridgehead atoms. The molecule has 0 aliphatic rings. The van der Waals surface area contributed by atoms with Crippen LogP contribution in [0.4, 0.5) is 0 Å². The first kappa shape index (κ1) is 15.6. The summed E-state index contributed by atoms with van der Waals surface area (Å²) in [6, 6.07) is 15.6. The lowest BCUT2D eigenvalue weighted by Crippen LogP contribution is -2.23. The molecule has 1 aromatic heterocycles. The van der Waals surface area contributed by atoms with Crippen molar-refractivity contribution in [2.45, 2.75) is 6.54 Å². The maximum atomic E-state index is 12.3. The summed E-state index contributed by atoms with van der Waals surface area (Å²) in [4.78, 5) is 16.4. The molecule has 0 unspecified atom stereocenters. The fraction of sp³-hybridized carbons (Fsp3) is 0.0588. The summed E-state index contributed by atoms with van der Waals surface area (Å²) < 4.78 is 1.43. The molecule has 1 heterocycles. The first-order chi connectivity index (χ1) is 11.1. The zero-order chi connectivity index (χ0) is 16.4. The van der Waals surface area contributed by atoms with Gasteiger partial charge in [-0.1, -0.05) is 59.6 Å². The van der Waals surface area contributed by atoms with Gasteiger partial charge in [-0.2, -0.15) is 4.98 Å². The van der Waals surface area contributed by atoms with Gasteiger partial charge in [0, 0.05) is 0 Å². The Bertz CT molecular complexity index is 888. The Morgan fingerprint density at radius 2 is 1.65 bits per heavy atom. The Morgan fingerprint density at radius 1 is 1.00 bits per heavy atom. The topological polar surface area (TPSA) is 55.1 Å². The van der Waals surface area contributed by atoms with E-state index in [2.05, 4.69) is 4.98 Å². The fourth-order valence-corrected chi connectivity index (χ4v) is 2.88. The van der Waals surface area contributed by atoms with Gasteiger partial charge in [-0.05, 0) is 17.7 Å². The van der Waals surface area contributed by atoms with Crippen molar-refractivity contribution < 1.29 is 5.11 Å². The lowest BCUT2D eigenvalue weighted by Gasteiger charge is -2.14. The number of halogens is 2. The quantitative estimate of drug-likeness (QED) is 0.780. The van der Waals surface area contributed by atoms with Gasteiger partial charge in [0.25, 0.3) is 5.56 Å². The van der Waals surface area contributed by atoms with Crippen molar-refractivity contribution in [2.24, 2.45) is 0 Å². The molecular weight excluding hydrogens is 335 g/mol. The standard InChI is InChI=1S/C17H12Cl2N2O2/c18-12-7-4-8-13(19)16(12)17-20-14(22)9-15(23)21(17)10-11-5-2-1-3-6-11/h1-9,22H,10H2. The van der Waals surface area contributed by atoms with Crippen molar-refractivity contribution in [3.8, 4) is 17.3 Å². The fourth-order valence-electron chi connectivity index (χ4n) is 2.31. The first-order valence-electron chi connectivity index (χ1n) is 6.85. The van der Waals surface area contributed by atoms with E-state index in [9.17, 15) is 9.90 Å². The summed E-state index contributed by atoms with van der Waals surface area (Å²) in [6.45, 7) is 0.295. The second kappa shape index (κ2) is 6.44. The van der Waals surface area contributed by atoms with Crippen LogP contribution >= 0.6 is 23.2 Å². The van der Waals surface area contributed by atoms with E-state index in [1.807, 2.05) is 30.3 Å². The molecule has 4 nitrogen and oxygen atoms in total. The van der Waals surface area contributed by atoms with Gasteiger partial charge < -0.3 is 5.11 Å². The zero-order valence-electron chi connectivity index (χ0n) is 11.9. The number of rotatable bonds is 3. The van der Waals surface area contributed by atoms with Crippen molar-refractivity contribution >= 4 is 23.2 Å². The zero-order valence-corrected chi connectivity index (χ0v) is 13.4. The van der Waals surface area contributed by atoms with Crippen molar-refractivity contribution in [2.75, 3.05) is 0 Å². The third-order valence-corrected chi connectivity index (χ3v) is 3.99. The second-order valence-corrected chi connectivity index (χ2v) is 5.76. The van der Waals surface area contributed by atoms with Gasteiger partial charge in [0.1, 0.15) is 5.82 Å². The van der Waals surface area contributed by atoms with E-state index in [0.29, 0.717) is 22.2 Å². The Hall–Kier alpha value is -2.30. The Labute approximate surface area is 142 Å². The van der Waals surface area contributed by atoms with Crippen LogP contribution < -0.4 is 5.56 Å². The third-order valence-electron chi connectivity index (χ3n) is 3.36. The van der Waals surface area contributed by atoms with E-state index in [0.717, 1.165) is 11.6 Å². The van der Waals surface area contributed by atoms with Gasteiger partial charge in [-0.25, -0.2) is 0 Å². The van der Waals surface area contributed by atoms with E-state index in [1.165, 1.54) is 4.57 Å². The summed E-state index contributed by atoms with van der Waals surface area (Å²) in [7, 11) is 0. The van der Waals surface area contributed by atoms with E-state index < -0.39 is 0 Å². The molecule has 2 aromatic carbocycles. The van der Waals surface area contributed by atoms with Crippen LogP contribution in [-0.2, 0) is 6.54 Å². The molecule has 0 aliphatic carbocycles. The lowest BCUT2D eigenvalue weighted by molar-refractivity contribution is 0.448. The molecule has 0 saturated heterocycles. The minimum absolute atomic E-state index is 0.231. The highest BCUT2D eigenvalue weighted by Gasteiger charge is 2.17. The van der Waals surface area contributed by atoms with E-state index in [4.69, 9.17) is 23.2 Å². The summed E-state index contributed by atoms with van der Waals surface area (Å²) in [6.07, 6.45) is 0. The molecule has 23 heavy (non-hydrogen) atoms. The van der Waals surface area contributed by atoms with Crippen molar-refractivity contribution in [3.05, 3.63) is 80.6 Å². The smallest absolute Gasteiger partial charge is 0.257 e. The number of hydrogen-bond acceptors (Lipinski definition) is 3. The van der Waals surface area contributed by atoms with Crippen LogP contribution in [0.3, 0.4) is 0 Å². The van der Waals surface area contributed by atoms with Crippen LogP contribution in [0, 0.1) is 0 Å². The molecular formula is C17H12Cl2N2O2. The molecule has 116 valence electrons. The van der Waals surface area contributed by atoms with E-state index in [-0.39, 0.29) is 17.3 Å². The number of hydrogen-bond donors (Lipinski definition) is 1. The molecule has 0 saturated carbocycles. The van der Waals surface area contributed by atoms with Gasteiger partial charge in [-0.15, -0.1) is 0 Å². The van der Waals surface area contributed by atoms with Crippen molar-refractivity contribution in [1.29, 1.82) is 0 Å². The largest absolute Gasteiger partial charge is 0.493 e. The number of aromatic hydroxyl groups is 1. The van der Waals surface area contributed by atoms with Crippen molar-refractivity contribution in [3.63, 3.8) is 0 Å². The molecule has 0 aliphatic heterocycles. The third kappa shape index (κ3) is 3.23. The van der Waals surface area contributed by atoms with E-state index in [1.54, 1.807) is 18.2 Å². The van der Waals surface area contributed by atoms with E-state index >= 15 is 0 Å². The Balaban J connectivity index is 2.22. The summed E-state index contributed by atoms with van der Waals surface area (Å²) in [5.74, 6) is -0.139. The van der Waals surface area contributed by atoms with Gasteiger partial charge in [0.15, 0.2) is 0 Å². The van der Waals surface area contributed by atoms with Gasteiger partial charge >= 0.3 is 0 Å². The second-order valence-electron chi connectivity index (χ2n) is 4.94. The minimum atomic E-state index is -0.382. The molecule has 0 fully saturated rings. The number of aromatic nitrogens is 2. The predicted molar refractivity (Wildman–Crippen MR) is 91.2 cm³/mol. The average molecular weight is 347 g/mol. The monoisotopic (exact) mass is 346 g/mol. The Kier molecular flexibility index (Phi) is 4.37. The van der Waals surface area contributed by atoms with Crippen LogP contribution in [0.1, 0.15) is 5.56 Å². The maximum Gasteiger partial charge on any atom is 0.257 e. The molecule has 3 rings (SSSR count). The predicted octanol–water partition coefficient (Wildman–Crippen LogP) is 3.97. The van der Waals surface area contributed by atoms with Crippen LogP contribution in [-0.4, -0.2) is 14.7 Å². The van der Waals surface area contributed by atoms with Gasteiger partial charge in [0.2, 0.25) is 5.88 Å². The minimum Gasteiger partial charge on any atom is -0.493 e. The molecule has 0 atom stereocenters. The molecule has 1 N–H and O–H groups in total. The molecule has 0 radical (unpaired) electrons. The number of nitrogens with zero attached hydrogens (tertiary/aromatic N) is 2. The molecule has 0 spiro atoms. The normalized spacial score (nSPS) is 10.7. The number of benzene rings is 2. The molecule has 0 amide bonds. The maximum absolute atomic E-state index is 12.3. The summed E-state index contributed by atoms with van der Waals surface area (Å²) in [5.41, 5.74) is 0.957. The highest BCUT2D eigenvalue weighted by Crippen LogP contribution is 2.33. The average Bonchev–Trinajstić information content (AvgIpc) is 2.51. The van der Waals surface area contributed by atoms with Gasteiger partial charge in [0.05, 0.1) is 28.2 Å². The lowest BCUT2D eigenvalue weighted by atomic mass is 10.1. The highest BCUT2D eigenvalue weighted by atomic mass is 35.5. The van der Waals surface area contributed by atoms with Crippen LogP contribution in [0.2, 0.25) is 10.0 Å². The first-order valence-corrected chi connectivity index (χ1v) is 7.61.